The molecule has 1 fully saturated rings. The largest absolute Gasteiger partial charge is 0.339 e. The summed E-state index contributed by atoms with van der Waals surface area (Å²) in [6, 6.07) is 18.4. The van der Waals surface area contributed by atoms with Gasteiger partial charge in [0.2, 0.25) is 15.9 Å². The van der Waals surface area contributed by atoms with E-state index in [0.717, 1.165) is 16.3 Å². The molecule has 0 bridgehead atoms. The first-order chi connectivity index (χ1) is 15.5. The summed E-state index contributed by atoms with van der Waals surface area (Å²) in [5, 5.41) is 4.95. The Balaban J connectivity index is 1.64. The maximum atomic E-state index is 13.3. The molecule has 0 radical (unpaired) electrons. The number of carbonyl (C=O) groups excluding carboxylic acids is 1. The molecule has 0 unspecified atom stereocenters. The Morgan fingerprint density at radius 3 is 2.53 bits per heavy atom. The maximum Gasteiger partial charge on any atom is 0.241 e. The van der Waals surface area contributed by atoms with Gasteiger partial charge in [-0.25, -0.2) is 13.3 Å². The van der Waals surface area contributed by atoms with Crippen LogP contribution in [0, 0.1) is 6.57 Å². The Bertz CT molecular complexity index is 1280. The van der Waals surface area contributed by atoms with Crippen LogP contribution in [-0.4, -0.2) is 51.4 Å². The van der Waals surface area contributed by atoms with Crippen LogP contribution in [0.2, 0.25) is 0 Å². The summed E-state index contributed by atoms with van der Waals surface area (Å²) < 4.78 is 29.1. The van der Waals surface area contributed by atoms with Crippen molar-refractivity contribution in [1.29, 1.82) is 0 Å². The average Bonchev–Trinajstić information content (AvgIpc) is 2.83. The summed E-state index contributed by atoms with van der Waals surface area (Å²) in [5.41, 5.74) is 1.18. The Hall–Kier alpha value is -3.25. The third-order valence-electron chi connectivity index (χ3n) is 5.53. The van der Waals surface area contributed by atoms with Crippen molar-refractivity contribution in [2.45, 2.75) is 17.4 Å². The van der Waals surface area contributed by atoms with Gasteiger partial charge in [-0.3, -0.25) is 4.79 Å². The molecule has 4 rings (SSSR count). The molecule has 1 atom stereocenters. The molecule has 1 amide bonds. The van der Waals surface area contributed by atoms with Crippen LogP contribution in [-0.2, 0) is 21.2 Å². The highest BCUT2D eigenvalue weighted by atomic mass is 32.2. The standard InChI is InChI=1S/C24H24N4O3S/c1-25-21-8-4-5-18(15-21)16-23(24(29)28-13-11-26-12-14-28)27-32(30,31)22-10-9-19-6-2-3-7-20(19)17-22/h2-10,15,17,23,26-27H,11-14,16H2/t23-/m0/s1. The molecule has 0 saturated carbocycles. The van der Waals surface area contributed by atoms with E-state index in [1.807, 2.05) is 24.3 Å². The molecule has 2 N–H and O–H groups in total. The second kappa shape index (κ2) is 9.49. The zero-order chi connectivity index (χ0) is 22.6. The van der Waals surface area contributed by atoms with E-state index in [-0.39, 0.29) is 17.2 Å². The molecule has 1 aliphatic heterocycles. The Morgan fingerprint density at radius 2 is 1.78 bits per heavy atom. The first kappa shape index (κ1) is 22.0. The Morgan fingerprint density at radius 1 is 1.03 bits per heavy atom. The highest BCUT2D eigenvalue weighted by Gasteiger charge is 2.30. The molecule has 0 spiro atoms. The number of benzene rings is 3. The first-order valence-corrected chi connectivity index (χ1v) is 11.9. The van der Waals surface area contributed by atoms with Gasteiger partial charge in [-0.2, -0.15) is 4.72 Å². The van der Waals surface area contributed by atoms with Gasteiger partial charge in [0.1, 0.15) is 6.04 Å². The minimum absolute atomic E-state index is 0.115. The zero-order valence-corrected chi connectivity index (χ0v) is 18.3. The molecule has 164 valence electrons. The lowest BCUT2D eigenvalue weighted by Gasteiger charge is -2.31. The number of rotatable bonds is 6. The van der Waals surface area contributed by atoms with E-state index in [4.69, 9.17) is 6.57 Å². The van der Waals surface area contributed by atoms with Gasteiger partial charge in [-0.1, -0.05) is 60.2 Å². The molecule has 1 heterocycles. The zero-order valence-electron chi connectivity index (χ0n) is 17.5. The van der Waals surface area contributed by atoms with E-state index in [9.17, 15) is 13.2 Å². The lowest BCUT2D eigenvalue weighted by atomic mass is 10.0. The van der Waals surface area contributed by atoms with Gasteiger partial charge in [0, 0.05) is 26.2 Å². The van der Waals surface area contributed by atoms with Crippen LogP contribution in [0.1, 0.15) is 5.56 Å². The van der Waals surface area contributed by atoms with Crippen LogP contribution in [0.15, 0.2) is 71.6 Å². The van der Waals surface area contributed by atoms with Gasteiger partial charge >= 0.3 is 0 Å². The minimum atomic E-state index is -3.94. The van der Waals surface area contributed by atoms with Crippen LogP contribution in [0.3, 0.4) is 0 Å². The molecule has 1 saturated heterocycles. The molecule has 0 aromatic heterocycles. The summed E-state index contributed by atoms with van der Waals surface area (Å²) in [4.78, 5) is 18.5. The van der Waals surface area contributed by atoms with Gasteiger partial charge in [-0.05, 0) is 29.3 Å². The van der Waals surface area contributed by atoms with Crippen molar-refractivity contribution in [3.63, 3.8) is 0 Å². The number of hydrogen-bond donors (Lipinski definition) is 2. The quantitative estimate of drug-likeness (QED) is 0.568. The number of hydrogen-bond acceptors (Lipinski definition) is 4. The van der Waals surface area contributed by atoms with E-state index in [0.29, 0.717) is 31.9 Å². The number of nitrogens with zero attached hydrogens (tertiary/aromatic N) is 2. The monoisotopic (exact) mass is 448 g/mol. The maximum absolute atomic E-state index is 13.3. The SMILES string of the molecule is [C-]#[N+]c1cccc(C[C@H](NS(=O)(=O)c2ccc3ccccc3c2)C(=O)N2CCNCC2)c1. The molecule has 0 aliphatic carbocycles. The number of nitrogens with one attached hydrogen (secondary N) is 2. The third kappa shape index (κ3) is 4.97. The van der Waals surface area contributed by atoms with E-state index < -0.39 is 16.1 Å². The fourth-order valence-corrected chi connectivity index (χ4v) is 5.09. The second-order valence-electron chi connectivity index (χ2n) is 7.74. The normalized spacial score (nSPS) is 15.3. The number of amides is 1. The molecule has 32 heavy (non-hydrogen) atoms. The summed E-state index contributed by atoms with van der Waals surface area (Å²) >= 11 is 0. The van der Waals surface area contributed by atoms with Gasteiger partial charge in [0.05, 0.1) is 11.5 Å². The van der Waals surface area contributed by atoms with Gasteiger partial charge in [0.15, 0.2) is 5.69 Å². The summed E-state index contributed by atoms with van der Waals surface area (Å²) in [7, 11) is -3.94. The topological polar surface area (TPSA) is 82.9 Å². The van der Waals surface area contributed by atoms with Crippen molar-refractivity contribution in [2.75, 3.05) is 26.2 Å². The number of piperazine rings is 1. The third-order valence-corrected chi connectivity index (χ3v) is 7.00. The molecule has 8 heteroatoms. The number of sulfonamides is 1. The number of fused-ring (bicyclic) bond motifs is 1. The van der Waals surface area contributed by atoms with E-state index in [2.05, 4.69) is 14.9 Å². The van der Waals surface area contributed by atoms with Gasteiger partial charge < -0.3 is 10.2 Å². The fraction of sp³-hybridized carbons (Fsp3) is 0.250. The predicted octanol–water partition coefficient (Wildman–Crippen LogP) is 2.71. The van der Waals surface area contributed by atoms with Crippen LogP contribution in [0.4, 0.5) is 5.69 Å². The van der Waals surface area contributed by atoms with Crippen LogP contribution >= 0.6 is 0 Å². The molecule has 3 aromatic rings. The summed E-state index contributed by atoms with van der Waals surface area (Å²) in [6.07, 6.45) is 0.166. The highest BCUT2D eigenvalue weighted by molar-refractivity contribution is 7.89. The van der Waals surface area contributed by atoms with Crippen molar-refractivity contribution >= 4 is 32.4 Å². The highest BCUT2D eigenvalue weighted by Crippen LogP contribution is 2.21. The van der Waals surface area contributed by atoms with Crippen LogP contribution in [0.25, 0.3) is 15.6 Å². The predicted molar refractivity (Wildman–Crippen MR) is 124 cm³/mol. The first-order valence-electron chi connectivity index (χ1n) is 10.4. The molecule has 7 nitrogen and oxygen atoms in total. The van der Waals surface area contributed by atoms with Crippen LogP contribution < -0.4 is 10.0 Å². The Kier molecular flexibility index (Phi) is 6.51. The fourth-order valence-electron chi connectivity index (χ4n) is 3.86. The smallest absolute Gasteiger partial charge is 0.241 e. The van der Waals surface area contributed by atoms with Gasteiger partial charge in [0.25, 0.3) is 0 Å². The lowest BCUT2D eigenvalue weighted by Crippen LogP contribution is -2.54. The van der Waals surface area contributed by atoms with Gasteiger partial charge in [-0.15, -0.1) is 0 Å². The van der Waals surface area contributed by atoms with Crippen molar-refractivity contribution in [1.82, 2.24) is 14.9 Å². The Labute approximate surface area is 187 Å². The molecule has 1 aliphatic rings. The second-order valence-corrected chi connectivity index (χ2v) is 9.46. The lowest BCUT2D eigenvalue weighted by molar-refractivity contribution is -0.133. The van der Waals surface area contributed by atoms with Crippen molar-refractivity contribution in [2.24, 2.45) is 0 Å². The van der Waals surface area contributed by atoms with Crippen molar-refractivity contribution in [3.05, 3.63) is 83.7 Å². The summed E-state index contributed by atoms with van der Waals surface area (Å²) in [6.45, 7) is 9.61. The molecular formula is C24H24N4O3S. The summed E-state index contributed by atoms with van der Waals surface area (Å²) in [5.74, 6) is -0.260. The minimum Gasteiger partial charge on any atom is -0.339 e. The molecular weight excluding hydrogens is 424 g/mol. The average molecular weight is 449 g/mol. The van der Waals surface area contributed by atoms with Crippen molar-refractivity contribution < 1.29 is 13.2 Å². The van der Waals surface area contributed by atoms with E-state index >= 15 is 0 Å². The molecule has 3 aromatic carbocycles. The van der Waals surface area contributed by atoms with E-state index in [1.165, 1.54) is 0 Å². The number of carbonyl (C=O) groups is 1. The van der Waals surface area contributed by atoms with E-state index in [1.54, 1.807) is 47.4 Å². The van der Waals surface area contributed by atoms with Crippen LogP contribution in [0.5, 0.6) is 0 Å². The van der Waals surface area contributed by atoms with Crippen molar-refractivity contribution in [3.8, 4) is 0 Å².